The summed E-state index contributed by atoms with van der Waals surface area (Å²) in [5.41, 5.74) is 32.7. The number of amidine groups is 4. The average molecular weight is 2250 g/mol. The van der Waals surface area contributed by atoms with Crippen LogP contribution in [0.5, 0.6) is 0 Å². The Morgan fingerprint density at radius 1 is 0.264 bits per heavy atom. The number of benzene rings is 14. The lowest BCUT2D eigenvalue weighted by atomic mass is 10.0. The fourth-order valence-electron chi connectivity index (χ4n) is 13.2. The van der Waals surface area contributed by atoms with Gasteiger partial charge in [-0.05, 0) is 191 Å². The first-order chi connectivity index (χ1) is 69.1. The minimum Gasteiger partial charge on any atom is -0.383 e. The summed E-state index contributed by atoms with van der Waals surface area (Å²) in [5, 5.41) is 17.9. The molecule has 0 aliphatic carbocycles. The molecule has 14 aromatic carbocycles. The van der Waals surface area contributed by atoms with E-state index in [0.29, 0.717) is 112 Å². The number of hydrogen-bond donors (Lipinski definition) is 9. The Morgan fingerprint density at radius 3 is 0.840 bits per heavy atom. The van der Waals surface area contributed by atoms with Gasteiger partial charge in [-0.1, -0.05) is 367 Å². The molecule has 9 amide bonds. The van der Waals surface area contributed by atoms with Crippen molar-refractivity contribution in [1.29, 1.82) is 0 Å². The lowest BCUT2D eigenvalue weighted by Crippen LogP contribution is -2.34. The zero-order chi connectivity index (χ0) is 103. The molecule has 0 radical (unpaired) electrons. The highest BCUT2D eigenvalue weighted by molar-refractivity contribution is 9.10. The number of carbonyl (C=O) groups is 9. The van der Waals surface area contributed by atoms with Gasteiger partial charge in [0.25, 0.3) is 53.2 Å². The van der Waals surface area contributed by atoms with Gasteiger partial charge in [-0.2, -0.15) is 20.0 Å². The predicted octanol–water partition coefficient (Wildman–Crippen LogP) is 24.7. The van der Waals surface area contributed by atoms with Crippen LogP contribution in [0, 0.1) is 0 Å². The first-order valence-electron chi connectivity index (χ1n) is 42.9. The first-order valence-corrected chi connectivity index (χ1v) is 48.3. The second-order valence-electron chi connectivity index (χ2n) is 30.6. The van der Waals surface area contributed by atoms with Crippen LogP contribution in [0.15, 0.2) is 406 Å². The molecule has 5 atom stereocenters. The van der Waals surface area contributed by atoms with Gasteiger partial charge in [0.15, 0.2) is 0 Å². The summed E-state index contributed by atoms with van der Waals surface area (Å²) in [6, 6.07) is 98.0. The van der Waals surface area contributed by atoms with Crippen molar-refractivity contribution >= 4 is 230 Å². The summed E-state index contributed by atoms with van der Waals surface area (Å²) in [7, 11) is 0. The number of nitrogens with two attached hydrogens (primary N) is 4. The van der Waals surface area contributed by atoms with Gasteiger partial charge >= 0.3 is 0 Å². The lowest BCUT2D eigenvalue weighted by Gasteiger charge is -2.19. The smallest absolute Gasteiger partial charge is 0.274 e. The zero-order valence-electron chi connectivity index (χ0n) is 75.1. The zero-order valence-corrected chi connectivity index (χ0v) is 85.9. The summed E-state index contributed by atoms with van der Waals surface area (Å²) >= 11 is 66.3. The van der Waals surface area contributed by atoms with Crippen LogP contribution in [0.25, 0.3) is 6.08 Å². The largest absolute Gasteiger partial charge is 0.383 e. The maximum atomic E-state index is 13.0. The molecule has 23 nitrogen and oxygen atoms in total. The Labute approximate surface area is 895 Å². The minimum absolute atomic E-state index is 0.0153. The normalized spacial score (nSPS) is 12.2. The quantitative estimate of drug-likeness (QED) is 0.0190. The minimum atomic E-state index is -1.11. The van der Waals surface area contributed by atoms with Crippen LogP contribution >= 0.6 is 148 Å². The second-order valence-corrected chi connectivity index (χ2v) is 36.7. The van der Waals surface area contributed by atoms with E-state index >= 15 is 0 Å². The number of aliphatic imine (C=N–C) groups is 4. The SMILES string of the molecule is C=Cc1ccc([C@@H](NC(=O)c2ccc(Cl)c(Cl)c2)c2ccccc2)nc1.NC(=NC(=O)C(NC(=O)c1ccc(Cl)c(Cl)c1)c1ccc(Cl)cc1)c1cccc(Cl)c1.NC(=NC(=O)C(NC(=O)c1cccc(Br)c1)c1ccc(Cl)cc1)c1ccccc1.NC(=NC(=O)C(NC(=O)c1cccc(Br)c1)c1ccccc1)c1ccccc1.NC(=NC(=O)C(NC(=O)c1cccc(Cl)c1)c1ccc(Cl)cc1)c1cccc(Cl)c1. The van der Waals surface area contributed by atoms with Crippen LogP contribution in [-0.2, 0) is 19.2 Å². The summed E-state index contributed by atoms with van der Waals surface area (Å²) in [6.45, 7) is 3.73. The van der Waals surface area contributed by atoms with Crippen LogP contribution in [0.3, 0.4) is 0 Å². The molecule has 726 valence electrons. The number of hydrogen-bond acceptors (Lipinski definition) is 10. The third-order valence-electron chi connectivity index (χ3n) is 20.5. The monoisotopic (exact) mass is 2240 g/mol. The van der Waals surface area contributed by atoms with Crippen LogP contribution < -0.4 is 49.5 Å². The van der Waals surface area contributed by atoms with E-state index < -0.39 is 71.6 Å². The van der Waals surface area contributed by atoms with Crippen molar-refractivity contribution < 1.29 is 43.2 Å². The van der Waals surface area contributed by atoms with Crippen molar-refractivity contribution in [3.63, 3.8) is 0 Å². The molecular weight excluding hydrogens is 2160 g/mol. The van der Waals surface area contributed by atoms with Crippen LogP contribution in [0.4, 0.5) is 0 Å². The van der Waals surface area contributed by atoms with E-state index in [2.05, 4.69) is 90.0 Å². The number of carbonyl (C=O) groups excluding carboxylic acids is 9. The van der Waals surface area contributed by atoms with Gasteiger partial charge in [0.2, 0.25) is 0 Å². The van der Waals surface area contributed by atoms with E-state index in [1.165, 1.54) is 24.3 Å². The highest BCUT2D eigenvalue weighted by Crippen LogP contribution is 2.31. The maximum Gasteiger partial charge on any atom is 0.274 e. The van der Waals surface area contributed by atoms with Gasteiger partial charge in [-0.3, -0.25) is 48.1 Å². The van der Waals surface area contributed by atoms with E-state index in [-0.39, 0.29) is 45.7 Å². The Morgan fingerprint density at radius 2 is 0.535 bits per heavy atom. The maximum absolute atomic E-state index is 13.0. The van der Waals surface area contributed by atoms with Crippen LogP contribution in [0.1, 0.15) is 143 Å². The van der Waals surface area contributed by atoms with E-state index in [9.17, 15) is 43.2 Å². The molecular formula is C109H82Br2Cl10N14O9. The van der Waals surface area contributed by atoms with Gasteiger partial charge in [-0.25, -0.2) is 0 Å². The molecule has 0 saturated heterocycles. The number of nitrogens with one attached hydrogen (secondary N) is 5. The first kappa shape index (κ1) is 110. The third-order valence-corrected chi connectivity index (χ3v) is 24.4. The van der Waals surface area contributed by atoms with Crippen molar-refractivity contribution in [1.82, 2.24) is 31.6 Å². The Bertz CT molecular complexity index is 7260. The standard InChI is InChI=1S/C22H17BrClN3O2.C22H18BrN3O2.C22H15Cl4N3O2.C22H16Cl3N3O2.C21H16Cl2N2O/c23-17-8-4-7-16(13-17)21(28)26-19(14-9-11-18(24)12-10-14)22(29)27-20(25)15-5-2-1-3-6-15;23-18-13-7-12-17(14-18)21(27)25-19(15-8-3-1-4-9-15)22(28)26-20(24)16-10-5-2-6-11-16;23-15-7-4-12(5-8-15)19(28-21(30)14-6-9-17(25)18(26)11-14)22(31)29-20(27)13-2-1-3-16(24)10-13;23-16-9-7-13(8-10-16)19(27-21(29)15-4-2-6-18(25)12-15)22(30)28-20(26)14-3-1-5-17(24)11-14;1-2-14-8-11-19(24-13-14)20(15-6-4-3-5-7-15)25-21(26)16-9-10-17(22)18(23)12-16/h1-13,19H,(H,26,28)(H2,25,27,29);1-14,19H,(H,25,27)(H2,24,26,28);1-11,19H,(H,28,30)(H2,27,29,31);1-12,19H,(H,27,29)(H2,26,28,30);2-13,20H,1H2,(H,25,26)/t;;;;20-/m....0/s1. The molecule has 35 heteroatoms. The third kappa shape index (κ3) is 33.4. The lowest BCUT2D eigenvalue weighted by molar-refractivity contribution is -0.120. The summed E-state index contributed by atoms with van der Waals surface area (Å²) in [5.74, 6) is -4.39. The van der Waals surface area contributed by atoms with Gasteiger partial charge in [0.1, 0.15) is 47.5 Å². The number of nitrogens with zero attached hydrogens (tertiary/aromatic N) is 5. The van der Waals surface area contributed by atoms with E-state index in [4.69, 9.17) is 139 Å². The van der Waals surface area contributed by atoms with Gasteiger partial charge < -0.3 is 49.5 Å². The molecule has 0 saturated carbocycles. The summed E-state index contributed by atoms with van der Waals surface area (Å²) in [4.78, 5) is 136. The second kappa shape index (κ2) is 54.8. The molecule has 1 heterocycles. The number of amides is 9. The summed E-state index contributed by atoms with van der Waals surface area (Å²) < 4.78 is 1.53. The Balaban J connectivity index is 0.000000172. The summed E-state index contributed by atoms with van der Waals surface area (Å²) in [6.07, 6.45) is 3.45. The molecule has 144 heavy (non-hydrogen) atoms. The van der Waals surface area contributed by atoms with Crippen molar-refractivity contribution in [2.75, 3.05) is 0 Å². The average Bonchev–Trinajstić information content (AvgIpc) is 0.834. The van der Waals surface area contributed by atoms with Crippen molar-refractivity contribution in [3.05, 3.63) is 525 Å². The molecule has 13 N–H and O–H groups in total. The molecule has 1 aromatic heterocycles. The predicted molar refractivity (Wildman–Crippen MR) is 583 cm³/mol. The molecule has 15 rings (SSSR count). The molecule has 0 spiro atoms. The van der Waals surface area contributed by atoms with Crippen molar-refractivity contribution in [3.8, 4) is 0 Å². The van der Waals surface area contributed by atoms with Crippen LogP contribution in [-0.4, -0.2) is 81.5 Å². The number of halogens is 12. The van der Waals surface area contributed by atoms with E-state index in [1.54, 1.807) is 267 Å². The fourth-order valence-corrected chi connectivity index (χ4v) is 15.5. The Hall–Kier alpha value is -14.3. The highest BCUT2D eigenvalue weighted by Gasteiger charge is 2.30. The number of rotatable bonds is 25. The number of aromatic nitrogens is 1. The number of pyridine rings is 1. The highest BCUT2D eigenvalue weighted by atomic mass is 79.9. The van der Waals surface area contributed by atoms with E-state index in [0.717, 1.165) is 25.8 Å². The molecule has 0 aliphatic heterocycles. The fraction of sp³-hybridized carbons (Fsp3) is 0.0459. The molecule has 4 unspecified atom stereocenters. The van der Waals surface area contributed by atoms with Gasteiger partial charge in [0, 0.05) is 95.3 Å². The molecule has 0 aliphatic rings. The van der Waals surface area contributed by atoms with Gasteiger partial charge in [-0.15, -0.1) is 0 Å². The van der Waals surface area contributed by atoms with Crippen LogP contribution in [0.2, 0.25) is 50.2 Å². The van der Waals surface area contributed by atoms with E-state index in [1.807, 2.05) is 84.9 Å². The molecule has 0 bridgehead atoms. The Kier molecular flexibility index (Phi) is 41.9. The van der Waals surface area contributed by atoms with Gasteiger partial charge in [0.05, 0.1) is 31.8 Å². The molecule has 0 fully saturated rings. The van der Waals surface area contributed by atoms with Crippen molar-refractivity contribution in [2.45, 2.75) is 30.2 Å². The van der Waals surface area contributed by atoms with Crippen molar-refractivity contribution in [2.24, 2.45) is 42.9 Å². The topological polar surface area (TPSA) is 380 Å². The molecule has 15 aromatic rings.